The monoisotopic (exact) mass is 788 g/mol. The Hall–Kier alpha value is -2.95. The number of rotatable bonds is 41. The van der Waals surface area contributed by atoms with Crippen LogP contribution in [0.15, 0.2) is 109 Å². The summed E-state index contributed by atoms with van der Waals surface area (Å²) in [5, 5.41) is 22.8. The summed E-state index contributed by atoms with van der Waals surface area (Å²) in [6.45, 7) is 4.14. The van der Waals surface area contributed by atoms with Crippen LogP contribution in [-0.4, -0.2) is 34.9 Å². The van der Waals surface area contributed by atoms with Gasteiger partial charge in [-0.25, -0.2) is 0 Å². The molecule has 0 aliphatic heterocycles. The molecule has 0 aromatic heterocycles. The van der Waals surface area contributed by atoms with Crippen LogP contribution in [0.25, 0.3) is 0 Å². The number of carbonyl (C=O) groups is 1. The topological polar surface area (TPSA) is 69.6 Å². The van der Waals surface area contributed by atoms with Gasteiger partial charge in [0.25, 0.3) is 0 Å². The molecule has 324 valence electrons. The number of aliphatic hydroxyl groups excluding tert-OH is 2. The van der Waals surface area contributed by atoms with Crippen molar-refractivity contribution in [1.82, 2.24) is 5.32 Å². The molecular formula is C53H89NO3. The fraction of sp³-hybridized carbons (Fsp3) is 0.642. The highest BCUT2D eigenvalue weighted by molar-refractivity contribution is 5.76. The standard InChI is InChI=1S/C53H89NO3/c1-3-5-7-9-11-13-14-15-16-17-18-19-20-21-22-23-24-25-26-27-28-29-30-31-32-33-34-35-36-37-38-39-40-41-43-45-47-49-53(57)54-51(50-55)52(56)48-46-44-42-12-10-8-6-4-2/h5,7,11,13,15-16,18-19,21-22,24-25,27-28,30-31,46,48,51-52,55-56H,3-4,6,8-10,12,14,17,20,23,26,29,32-45,47,49-50H2,1-2H3,(H,54,57)/b7-5-,13-11-,16-15-,19-18-,22-21-,25-24-,28-27-,31-30-,48-46+. The Morgan fingerprint density at radius 1 is 0.439 bits per heavy atom. The SMILES string of the molecule is CC/C=C\C/C=C\C/C=C\C/C=C\C/C=C\C/C=C\C/C=C\C/C=C\CCCCCCCCCCCCCCC(=O)NC(CO)C(O)/C=C/CCCCCCCC. The molecule has 0 aromatic rings. The smallest absolute Gasteiger partial charge is 0.220 e. The van der Waals surface area contributed by atoms with Crippen LogP contribution in [0.3, 0.4) is 0 Å². The van der Waals surface area contributed by atoms with Gasteiger partial charge in [-0.15, -0.1) is 0 Å². The molecule has 1 amide bonds. The molecule has 0 heterocycles. The molecular weight excluding hydrogens is 699 g/mol. The molecule has 0 aromatic carbocycles. The predicted molar refractivity (Wildman–Crippen MR) is 253 cm³/mol. The number of allylic oxidation sites excluding steroid dienone is 17. The molecule has 0 spiro atoms. The normalized spacial score (nSPS) is 14.0. The van der Waals surface area contributed by atoms with Crippen LogP contribution in [0.1, 0.15) is 200 Å². The zero-order chi connectivity index (χ0) is 41.4. The first kappa shape index (κ1) is 54.0. The van der Waals surface area contributed by atoms with Crippen LogP contribution in [0.2, 0.25) is 0 Å². The first-order valence-corrected chi connectivity index (χ1v) is 23.6. The van der Waals surface area contributed by atoms with Crippen LogP contribution < -0.4 is 5.32 Å². The molecule has 3 N–H and O–H groups in total. The lowest BCUT2D eigenvalue weighted by atomic mass is 10.0. The van der Waals surface area contributed by atoms with E-state index in [4.69, 9.17) is 0 Å². The Balaban J connectivity index is 3.56. The van der Waals surface area contributed by atoms with E-state index in [-0.39, 0.29) is 12.5 Å². The summed E-state index contributed by atoms with van der Waals surface area (Å²) in [5.74, 6) is -0.0750. The minimum atomic E-state index is -0.842. The van der Waals surface area contributed by atoms with Crippen molar-refractivity contribution in [3.8, 4) is 0 Å². The summed E-state index contributed by atoms with van der Waals surface area (Å²) < 4.78 is 0. The second-order valence-corrected chi connectivity index (χ2v) is 15.4. The van der Waals surface area contributed by atoms with Crippen LogP contribution >= 0.6 is 0 Å². The zero-order valence-electron chi connectivity index (χ0n) is 37.1. The van der Waals surface area contributed by atoms with Gasteiger partial charge < -0.3 is 15.5 Å². The molecule has 4 nitrogen and oxygen atoms in total. The van der Waals surface area contributed by atoms with Gasteiger partial charge in [-0.2, -0.15) is 0 Å². The summed E-state index contributed by atoms with van der Waals surface area (Å²) >= 11 is 0. The maximum Gasteiger partial charge on any atom is 0.220 e. The van der Waals surface area contributed by atoms with E-state index in [2.05, 4.69) is 116 Å². The third-order valence-corrected chi connectivity index (χ3v) is 10.0. The molecule has 0 rings (SSSR count). The second-order valence-electron chi connectivity index (χ2n) is 15.4. The Morgan fingerprint density at radius 2 is 0.772 bits per heavy atom. The summed E-state index contributed by atoms with van der Waals surface area (Å²) in [7, 11) is 0. The Kier molecular flexibility index (Phi) is 45.0. The number of unbranched alkanes of at least 4 members (excludes halogenated alkanes) is 18. The van der Waals surface area contributed by atoms with E-state index in [9.17, 15) is 15.0 Å². The summed E-state index contributed by atoms with van der Waals surface area (Å²) in [5.41, 5.74) is 0. The van der Waals surface area contributed by atoms with Gasteiger partial charge in [-0.3, -0.25) is 4.79 Å². The van der Waals surface area contributed by atoms with Gasteiger partial charge in [-0.05, 0) is 83.5 Å². The minimum absolute atomic E-state index is 0.0750. The lowest BCUT2D eigenvalue weighted by molar-refractivity contribution is -0.123. The van der Waals surface area contributed by atoms with Crippen molar-refractivity contribution in [1.29, 1.82) is 0 Å². The van der Waals surface area contributed by atoms with E-state index in [1.54, 1.807) is 6.08 Å². The van der Waals surface area contributed by atoms with Gasteiger partial charge in [0.2, 0.25) is 5.91 Å². The van der Waals surface area contributed by atoms with E-state index in [0.29, 0.717) is 6.42 Å². The molecule has 0 fully saturated rings. The third-order valence-electron chi connectivity index (χ3n) is 10.0. The summed E-state index contributed by atoms with van der Waals surface area (Å²) in [6.07, 6.45) is 72.2. The molecule has 2 unspecified atom stereocenters. The molecule has 0 bridgehead atoms. The number of nitrogens with one attached hydrogen (secondary N) is 1. The number of hydrogen-bond donors (Lipinski definition) is 3. The number of carbonyl (C=O) groups excluding carboxylic acids is 1. The lowest BCUT2D eigenvalue weighted by Crippen LogP contribution is -2.45. The Morgan fingerprint density at radius 3 is 1.16 bits per heavy atom. The van der Waals surface area contributed by atoms with Gasteiger partial charge in [-0.1, -0.05) is 220 Å². The number of hydrogen-bond acceptors (Lipinski definition) is 3. The van der Waals surface area contributed by atoms with Crippen LogP contribution in [0.5, 0.6) is 0 Å². The molecule has 57 heavy (non-hydrogen) atoms. The summed E-state index contributed by atoms with van der Waals surface area (Å²) in [6, 6.07) is -0.626. The lowest BCUT2D eigenvalue weighted by Gasteiger charge is -2.20. The largest absolute Gasteiger partial charge is 0.394 e. The minimum Gasteiger partial charge on any atom is -0.394 e. The van der Waals surface area contributed by atoms with Crippen molar-refractivity contribution in [3.63, 3.8) is 0 Å². The predicted octanol–water partition coefficient (Wildman–Crippen LogP) is 15.2. The maximum atomic E-state index is 12.3. The Labute approximate surface area is 353 Å². The van der Waals surface area contributed by atoms with Gasteiger partial charge in [0.05, 0.1) is 18.8 Å². The molecule has 0 saturated carbocycles. The molecule has 0 aliphatic carbocycles. The number of aliphatic hydroxyl groups is 2. The van der Waals surface area contributed by atoms with Gasteiger partial charge in [0.15, 0.2) is 0 Å². The van der Waals surface area contributed by atoms with E-state index in [0.717, 1.165) is 77.0 Å². The average Bonchev–Trinajstić information content (AvgIpc) is 3.22. The first-order valence-electron chi connectivity index (χ1n) is 23.6. The van der Waals surface area contributed by atoms with Crippen molar-refractivity contribution in [3.05, 3.63) is 109 Å². The summed E-state index contributed by atoms with van der Waals surface area (Å²) in [4.78, 5) is 12.3. The number of amides is 1. The molecule has 0 radical (unpaired) electrons. The van der Waals surface area contributed by atoms with Crippen LogP contribution in [-0.2, 0) is 4.79 Å². The molecule has 4 heteroatoms. The fourth-order valence-corrected chi connectivity index (χ4v) is 6.43. The molecule has 0 saturated heterocycles. The van der Waals surface area contributed by atoms with E-state index in [1.807, 2.05) is 6.08 Å². The van der Waals surface area contributed by atoms with Crippen molar-refractivity contribution < 1.29 is 15.0 Å². The highest BCUT2D eigenvalue weighted by Gasteiger charge is 2.17. The zero-order valence-corrected chi connectivity index (χ0v) is 37.1. The van der Waals surface area contributed by atoms with Crippen LogP contribution in [0, 0.1) is 0 Å². The highest BCUT2D eigenvalue weighted by Crippen LogP contribution is 2.14. The van der Waals surface area contributed by atoms with Crippen molar-refractivity contribution in [2.45, 2.75) is 212 Å². The van der Waals surface area contributed by atoms with E-state index in [1.165, 1.54) is 103 Å². The van der Waals surface area contributed by atoms with Gasteiger partial charge >= 0.3 is 0 Å². The third kappa shape index (κ3) is 44.0. The van der Waals surface area contributed by atoms with Crippen molar-refractivity contribution in [2.24, 2.45) is 0 Å². The first-order chi connectivity index (χ1) is 28.2. The van der Waals surface area contributed by atoms with Gasteiger partial charge in [0, 0.05) is 6.42 Å². The maximum absolute atomic E-state index is 12.3. The fourth-order valence-electron chi connectivity index (χ4n) is 6.43. The quantitative estimate of drug-likeness (QED) is 0.0427. The van der Waals surface area contributed by atoms with Crippen molar-refractivity contribution >= 4 is 5.91 Å². The second kappa shape index (κ2) is 47.4. The highest BCUT2D eigenvalue weighted by atomic mass is 16.3. The van der Waals surface area contributed by atoms with Gasteiger partial charge in [0.1, 0.15) is 0 Å². The molecule has 0 aliphatic rings. The van der Waals surface area contributed by atoms with Crippen LogP contribution in [0.4, 0.5) is 0 Å². The average molecular weight is 788 g/mol. The Bertz CT molecular complexity index is 1120. The van der Waals surface area contributed by atoms with E-state index >= 15 is 0 Å². The van der Waals surface area contributed by atoms with Crippen molar-refractivity contribution in [2.75, 3.05) is 6.61 Å². The molecule has 2 atom stereocenters. The van der Waals surface area contributed by atoms with E-state index < -0.39 is 12.1 Å².